The van der Waals surface area contributed by atoms with Crippen LogP contribution in [0.1, 0.15) is 42.2 Å². The van der Waals surface area contributed by atoms with Crippen LogP contribution < -0.4 is 21.7 Å². The summed E-state index contributed by atoms with van der Waals surface area (Å²) in [6, 6.07) is 3.75. The number of aromatic nitrogens is 2. The number of alkyl halides is 1. The molecule has 4 heterocycles. The van der Waals surface area contributed by atoms with Gasteiger partial charge in [0.05, 0.1) is 23.1 Å². The Kier molecular flexibility index (Phi) is 7.30. The average Bonchev–Trinajstić information content (AvgIpc) is 3.25. The Morgan fingerprint density at radius 3 is 2.63 bits per heavy atom. The number of rotatable bonds is 5. The highest BCUT2D eigenvalue weighted by Gasteiger charge is 2.36. The molecule has 0 saturated carbocycles. The van der Waals surface area contributed by atoms with E-state index in [0.717, 1.165) is 42.1 Å². The van der Waals surface area contributed by atoms with Gasteiger partial charge in [-0.25, -0.2) is 18.2 Å². The molecule has 2 atom stereocenters. The highest BCUT2D eigenvalue weighted by Crippen LogP contribution is 2.40. The molecule has 8 nitrogen and oxygen atoms in total. The largest absolute Gasteiger partial charge is 0.389 e. The van der Waals surface area contributed by atoms with E-state index in [0.29, 0.717) is 18.2 Å². The van der Waals surface area contributed by atoms with Crippen LogP contribution in [-0.2, 0) is 10.4 Å². The van der Waals surface area contributed by atoms with Gasteiger partial charge in [-0.2, -0.15) is 0 Å². The third-order valence-electron chi connectivity index (χ3n) is 7.01. The molecule has 2 aromatic heterocycles. The number of hydrogen-bond donors (Lipinski definition) is 3. The number of hydrogen-bond acceptors (Lipinski definition) is 8. The summed E-state index contributed by atoms with van der Waals surface area (Å²) in [6.45, 7) is 3.86. The topological polar surface area (TPSA) is 119 Å². The van der Waals surface area contributed by atoms with Crippen LogP contribution in [-0.4, -0.2) is 48.2 Å². The molecule has 2 unspecified atom stereocenters. The molecule has 1 amide bonds. The molecular formula is C26H29F3N6O2S. The molecule has 2 fully saturated rings. The number of nitrogen functional groups attached to an aromatic ring is 1. The second-order valence-electron chi connectivity index (χ2n) is 9.98. The molecule has 12 heteroatoms. The van der Waals surface area contributed by atoms with Crippen molar-refractivity contribution in [3.05, 3.63) is 53.5 Å². The number of carbonyl (C=O) groups is 1. The number of nitrogens with zero attached hydrogens (tertiary/aromatic N) is 3. The first kappa shape index (κ1) is 26.4. The summed E-state index contributed by atoms with van der Waals surface area (Å²) in [6.07, 6.45) is 4.08. The maximum atomic E-state index is 15.3. The molecular weight excluding hydrogens is 517 g/mol. The second-order valence-corrected chi connectivity index (χ2v) is 11.0. The number of carbonyl (C=O) groups excluding carboxylic acids is 1. The Bertz CT molecular complexity index is 1310. The lowest BCUT2D eigenvalue weighted by atomic mass is 9.87. The number of nitrogens with one attached hydrogen (secondary N) is 1. The van der Waals surface area contributed by atoms with Crippen molar-refractivity contribution < 1.29 is 22.7 Å². The summed E-state index contributed by atoms with van der Waals surface area (Å²) in [5.74, 6) is -2.22. The fourth-order valence-corrected chi connectivity index (χ4v) is 6.04. The summed E-state index contributed by atoms with van der Waals surface area (Å²) in [5, 5.41) is 2.65. The quantitative estimate of drug-likeness (QED) is 0.432. The number of amides is 1. The third-order valence-corrected chi connectivity index (χ3v) is 7.91. The standard InChI is InChI=1S/C26H29F3N6O2S/c1-14-8-16(30)13-35(12-14)20-2-5-32-11-19(20)33-24(36)22-23(31)38-25(34-22)21-17(27)9-15(10-18(21)28)26(29)3-6-37-7-4-26/h2,5,9-11,14,16H,3-4,6-8,12-13,30-31H2,1H3,(H,33,36). The minimum absolute atomic E-state index is 0.00196. The van der Waals surface area contributed by atoms with E-state index >= 15 is 13.2 Å². The van der Waals surface area contributed by atoms with E-state index in [1.54, 1.807) is 12.3 Å². The van der Waals surface area contributed by atoms with Gasteiger partial charge in [-0.1, -0.05) is 18.3 Å². The van der Waals surface area contributed by atoms with Gasteiger partial charge in [0.25, 0.3) is 5.91 Å². The van der Waals surface area contributed by atoms with Gasteiger partial charge in [-0.15, -0.1) is 0 Å². The first-order chi connectivity index (χ1) is 18.1. The number of ether oxygens (including phenoxy) is 1. The Balaban J connectivity index is 1.40. The van der Waals surface area contributed by atoms with E-state index in [1.807, 2.05) is 0 Å². The molecule has 2 aliphatic rings. The molecule has 2 aliphatic heterocycles. The summed E-state index contributed by atoms with van der Waals surface area (Å²) in [7, 11) is 0. The van der Waals surface area contributed by atoms with Gasteiger partial charge in [-0.3, -0.25) is 9.78 Å². The smallest absolute Gasteiger partial charge is 0.277 e. The molecule has 0 bridgehead atoms. The van der Waals surface area contributed by atoms with Gasteiger partial charge in [0.1, 0.15) is 27.3 Å². The van der Waals surface area contributed by atoms with Crippen LogP contribution in [0.25, 0.3) is 10.6 Å². The molecule has 5 N–H and O–H groups in total. The predicted molar refractivity (Wildman–Crippen MR) is 141 cm³/mol. The Hall–Kier alpha value is -3.22. The Labute approximate surface area is 222 Å². The molecule has 0 spiro atoms. The number of anilines is 3. The maximum absolute atomic E-state index is 15.3. The fraction of sp³-hybridized carbons (Fsp3) is 0.423. The van der Waals surface area contributed by atoms with Crippen LogP contribution in [0.15, 0.2) is 30.6 Å². The maximum Gasteiger partial charge on any atom is 0.277 e. The number of piperidine rings is 1. The highest BCUT2D eigenvalue weighted by atomic mass is 32.1. The minimum Gasteiger partial charge on any atom is -0.389 e. The lowest BCUT2D eigenvalue weighted by Crippen LogP contribution is -2.46. The van der Waals surface area contributed by atoms with Crippen molar-refractivity contribution in [3.63, 3.8) is 0 Å². The van der Waals surface area contributed by atoms with Crippen molar-refractivity contribution in [3.8, 4) is 10.6 Å². The van der Waals surface area contributed by atoms with Crippen LogP contribution in [0.2, 0.25) is 0 Å². The van der Waals surface area contributed by atoms with Crippen molar-refractivity contribution in [1.29, 1.82) is 0 Å². The van der Waals surface area contributed by atoms with Crippen LogP contribution >= 0.6 is 11.3 Å². The Morgan fingerprint density at radius 1 is 1.24 bits per heavy atom. The van der Waals surface area contributed by atoms with Crippen molar-refractivity contribution in [2.24, 2.45) is 11.7 Å². The van der Waals surface area contributed by atoms with E-state index in [1.165, 1.54) is 6.20 Å². The lowest BCUT2D eigenvalue weighted by Gasteiger charge is -2.37. The monoisotopic (exact) mass is 546 g/mol. The van der Waals surface area contributed by atoms with E-state index in [-0.39, 0.29) is 53.4 Å². The van der Waals surface area contributed by atoms with Gasteiger partial charge >= 0.3 is 0 Å². The summed E-state index contributed by atoms with van der Waals surface area (Å²) in [5.41, 5.74) is 10.9. The SMILES string of the molecule is CC1CC(N)CN(c2ccncc2NC(=O)c2nc(-c3c(F)cc(C4(F)CCOCC4)cc3F)sc2N)C1. The summed E-state index contributed by atoms with van der Waals surface area (Å²) >= 11 is 0.778. The van der Waals surface area contributed by atoms with E-state index < -0.39 is 28.8 Å². The van der Waals surface area contributed by atoms with E-state index in [4.69, 9.17) is 16.2 Å². The van der Waals surface area contributed by atoms with Crippen molar-refractivity contribution in [1.82, 2.24) is 9.97 Å². The molecule has 1 aromatic carbocycles. The number of pyridine rings is 1. The van der Waals surface area contributed by atoms with Crippen molar-refractivity contribution >= 4 is 33.6 Å². The predicted octanol–water partition coefficient (Wildman–Crippen LogP) is 4.47. The zero-order chi connectivity index (χ0) is 27.0. The van der Waals surface area contributed by atoms with Gasteiger partial charge < -0.3 is 26.4 Å². The third kappa shape index (κ3) is 5.20. The van der Waals surface area contributed by atoms with Gasteiger partial charge in [-0.05, 0) is 36.1 Å². The van der Waals surface area contributed by atoms with Crippen LogP contribution in [0.4, 0.5) is 29.5 Å². The van der Waals surface area contributed by atoms with Gasteiger partial charge in [0, 0.05) is 51.4 Å². The van der Waals surface area contributed by atoms with Crippen molar-refractivity contribution in [2.45, 2.75) is 37.9 Å². The minimum atomic E-state index is -1.87. The van der Waals surface area contributed by atoms with Gasteiger partial charge in [0.15, 0.2) is 5.69 Å². The van der Waals surface area contributed by atoms with Crippen LogP contribution in [0.3, 0.4) is 0 Å². The molecule has 38 heavy (non-hydrogen) atoms. The molecule has 0 aliphatic carbocycles. The molecule has 202 valence electrons. The fourth-order valence-electron chi connectivity index (χ4n) is 5.16. The van der Waals surface area contributed by atoms with Crippen LogP contribution in [0.5, 0.6) is 0 Å². The highest BCUT2D eigenvalue weighted by molar-refractivity contribution is 7.19. The van der Waals surface area contributed by atoms with Gasteiger partial charge in [0.2, 0.25) is 0 Å². The average molecular weight is 547 g/mol. The molecule has 2 saturated heterocycles. The number of halogens is 3. The zero-order valence-electron chi connectivity index (χ0n) is 20.8. The number of benzene rings is 1. The lowest BCUT2D eigenvalue weighted by molar-refractivity contribution is -0.0117. The van der Waals surface area contributed by atoms with Crippen LogP contribution in [0, 0.1) is 17.6 Å². The van der Waals surface area contributed by atoms with E-state index in [2.05, 4.69) is 27.1 Å². The molecule has 0 radical (unpaired) electrons. The molecule has 5 rings (SSSR count). The number of nitrogens with two attached hydrogens (primary N) is 2. The first-order valence-electron chi connectivity index (χ1n) is 12.4. The van der Waals surface area contributed by atoms with Crippen molar-refractivity contribution in [2.75, 3.05) is 42.3 Å². The normalized spacial score (nSPS) is 21.3. The summed E-state index contributed by atoms with van der Waals surface area (Å²) < 4.78 is 50.6. The summed E-state index contributed by atoms with van der Waals surface area (Å²) in [4.78, 5) is 23.5. The molecule has 3 aromatic rings. The number of thiazole rings is 1. The second kappa shape index (κ2) is 10.5. The Morgan fingerprint density at radius 2 is 1.95 bits per heavy atom. The first-order valence-corrected chi connectivity index (χ1v) is 13.2. The zero-order valence-corrected chi connectivity index (χ0v) is 21.7. The van der Waals surface area contributed by atoms with E-state index in [9.17, 15) is 4.79 Å².